The number of carboxylic acids is 1. The van der Waals surface area contributed by atoms with E-state index in [0.29, 0.717) is 32.7 Å². The number of aliphatic carboxylic acids is 1. The molecule has 0 saturated carbocycles. The topological polar surface area (TPSA) is 88.5 Å². The van der Waals surface area contributed by atoms with E-state index in [1.54, 1.807) is 0 Å². The number of rotatable bonds is 13. The number of carbonyl (C=O) groups excluding carboxylic acids is 1. The Balaban J connectivity index is 1.09. The molecule has 0 spiro atoms. The van der Waals surface area contributed by atoms with Gasteiger partial charge in [0.05, 0.1) is 16.1 Å². The number of carbonyl (C=O) groups is 2. The molecule has 0 bridgehead atoms. The first-order chi connectivity index (χ1) is 25.6. The van der Waals surface area contributed by atoms with Crippen LogP contribution in [0.3, 0.4) is 0 Å². The number of nitrogens with zero attached hydrogens (tertiary/aromatic N) is 2. The maximum Gasteiger partial charge on any atom is 0.323 e. The molecule has 2 aliphatic rings. The van der Waals surface area contributed by atoms with Gasteiger partial charge in [0.25, 0.3) is 0 Å². The Morgan fingerprint density at radius 2 is 1.17 bits per heavy atom. The minimum atomic E-state index is -0.743. The molecule has 53 heavy (non-hydrogen) atoms. The summed E-state index contributed by atoms with van der Waals surface area (Å²) >= 11 is 7.42. The van der Waals surface area contributed by atoms with Crippen molar-refractivity contribution in [3.05, 3.63) is 115 Å². The Kier molecular flexibility index (Phi) is 13.3. The van der Waals surface area contributed by atoms with E-state index in [1.807, 2.05) is 24.3 Å². The Labute approximate surface area is 329 Å². The van der Waals surface area contributed by atoms with Crippen LogP contribution >= 0.6 is 31.9 Å². The third-order valence-electron chi connectivity index (χ3n) is 10.7. The molecule has 8 nitrogen and oxygen atoms in total. The van der Waals surface area contributed by atoms with Crippen LogP contribution < -0.4 is 9.47 Å². The molecule has 2 fully saturated rings. The Morgan fingerprint density at radius 1 is 0.698 bits per heavy atom. The van der Waals surface area contributed by atoms with Gasteiger partial charge in [0.15, 0.2) is 0 Å². The first kappa shape index (κ1) is 39.0. The van der Waals surface area contributed by atoms with E-state index < -0.39 is 12.0 Å². The molecule has 0 radical (unpaired) electrons. The van der Waals surface area contributed by atoms with Crippen molar-refractivity contribution in [2.45, 2.75) is 90.8 Å². The van der Waals surface area contributed by atoms with Crippen molar-refractivity contribution in [2.24, 2.45) is 0 Å². The van der Waals surface area contributed by atoms with Crippen LogP contribution in [0.5, 0.6) is 11.5 Å². The summed E-state index contributed by atoms with van der Waals surface area (Å²) in [6.07, 6.45) is 5.63. The third-order valence-corrected chi connectivity index (χ3v) is 11.9. The Hall–Kier alpha value is -3.70. The largest absolute Gasteiger partial charge is 0.488 e. The molecule has 4 aromatic rings. The van der Waals surface area contributed by atoms with Crippen molar-refractivity contribution in [3.8, 4) is 22.6 Å². The summed E-state index contributed by atoms with van der Waals surface area (Å²) < 4.78 is 19.5. The molecule has 2 saturated heterocycles. The molecule has 4 aromatic carbocycles. The molecular formula is C43H48Br2N2O6. The number of methoxy groups -OCH3 is 1. The van der Waals surface area contributed by atoms with E-state index in [9.17, 15) is 14.7 Å². The van der Waals surface area contributed by atoms with Gasteiger partial charge in [-0.2, -0.15) is 0 Å². The lowest BCUT2D eigenvalue weighted by atomic mass is 9.92. The molecule has 0 unspecified atom stereocenters. The molecule has 280 valence electrons. The van der Waals surface area contributed by atoms with E-state index in [4.69, 9.17) is 14.2 Å². The van der Waals surface area contributed by atoms with Crippen molar-refractivity contribution >= 4 is 43.8 Å². The van der Waals surface area contributed by atoms with Crippen LogP contribution in [0.15, 0.2) is 81.7 Å². The minimum absolute atomic E-state index is 0.158. The van der Waals surface area contributed by atoms with E-state index >= 15 is 0 Å². The van der Waals surface area contributed by atoms with Gasteiger partial charge in [-0.25, -0.2) is 0 Å². The van der Waals surface area contributed by atoms with Gasteiger partial charge >= 0.3 is 11.9 Å². The minimum Gasteiger partial charge on any atom is -0.488 e. The summed E-state index contributed by atoms with van der Waals surface area (Å²) in [5.74, 6) is 0.619. The third kappa shape index (κ3) is 9.52. The highest BCUT2D eigenvalue weighted by Crippen LogP contribution is 2.34. The first-order valence-electron chi connectivity index (χ1n) is 18.4. The normalized spacial score (nSPS) is 18.1. The van der Waals surface area contributed by atoms with Gasteiger partial charge in [-0.15, -0.1) is 0 Å². The van der Waals surface area contributed by atoms with Gasteiger partial charge in [0.2, 0.25) is 0 Å². The maximum absolute atomic E-state index is 12.3. The summed E-state index contributed by atoms with van der Waals surface area (Å²) in [5, 5.41) is 9.66. The van der Waals surface area contributed by atoms with Gasteiger partial charge in [-0.05, 0) is 153 Å². The lowest BCUT2D eigenvalue weighted by Crippen LogP contribution is -2.44. The number of halogens is 2. The summed E-state index contributed by atoms with van der Waals surface area (Å²) in [7, 11) is 1.46. The zero-order valence-electron chi connectivity index (χ0n) is 30.7. The molecular weight excluding hydrogens is 800 g/mol. The molecule has 6 rings (SSSR count). The zero-order valence-corrected chi connectivity index (χ0v) is 33.9. The van der Waals surface area contributed by atoms with Crippen molar-refractivity contribution in [2.75, 3.05) is 20.2 Å². The average molecular weight is 849 g/mol. The zero-order chi connectivity index (χ0) is 37.5. The first-order valence-corrected chi connectivity index (χ1v) is 20.0. The fourth-order valence-electron chi connectivity index (χ4n) is 7.61. The fourth-order valence-corrected chi connectivity index (χ4v) is 8.69. The average Bonchev–Trinajstić information content (AvgIpc) is 3.15. The monoisotopic (exact) mass is 846 g/mol. The highest BCUT2D eigenvalue weighted by atomic mass is 79.9. The van der Waals surface area contributed by atoms with Crippen LogP contribution in [0, 0.1) is 13.8 Å². The number of hydrogen-bond acceptors (Lipinski definition) is 7. The number of likely N-dealkylation sites (tertiary alicyclic amines) is 2. The van der Waals surface area contributed by atoms with Crippen molar-refractivity contribution in [1.29, 1.82) is 0 Å². The predicted molar refractivity (Wildman–Crippen MR) is 214 cm³/mol. The SMILES string of the molecule is COC(=O)[C@@H]1CCCCN1Cc1ccc(OCc2cccc(-c3cccc(COc4ccc(CN5CCCC[C@H]5C(=O)O)cc4Br)c3C)c2C)c(Br)c1. The molecule has 1 N–H and O–H groups in total. The lowest BCUT2D eigenvalue weighted by molar-refractivity contribution is -0.148. The van der Waals surface area contributed by atoms with Crippen LogP contribution in [0.1, 0.15) is 71.9 Å². The quantitative estimate of drug-likeness (QED) is 0.133. The molecule has 2 heterocycles. The smallest absolute Gasteiger partial charge is 0.323 e. The van der Waals surface area contributed by atoms with Crippen LogP contribution in [-0.4, -0.2) is 59.1 Å². The second-order valence-corrected chi connectivity index (χ2v) is 15.8. The number of carboxylic acid groups (broad SMARTS) is 1. The molecule has 0 aromatic heterocycles. The highest BCUT2D eigenvalue weighted by molar-refractivity contribution is 9.10. The molecule has 10 heteroatoms. The van der Waals surface area contributed by atoms with E-state index in [2.05, 4.69) is 104 Å². The second-order valence-electron chi connectivity index (χ2n) is 14.1. The van der Waals surface area contributed by atoms with Crippen LogP contribution in [0.2, 0.25) is 0 Å². The number of ether oxygens (including phenoxy) is 3. The van der Waals surface area contributed by atoms with Crippen molar-refractivity contribution in [1.82, 2.24) is 9.80 Å². The summed E-state index contributed by atoms with van der Waals surface area (Å²) in [6.45, 7) is 8.08. The van der Waals surface area contributed by atoms with Gasteiger partial charge in [-0.3, -0.25) is 19.4 Å². The molecule has 0 aliphatic carbocycles. The highest BCUT2D eigenvalue weighted by Gasteiger charge is 2.30. The summed E-state index contributed by atoms with van der Waals surface area (Å²) in [5.41, 5.74) is 9.02. The Morgan fingerprint density at radius 3 is 1.62 bits per heavy atom. The van der Waals surface area contributed by atoms with Crippen LogP contribution in [0.25, 0.3) is 11.1 Å². The second kappa shape index (κ2) is 18.1. The number of piperidine rings is 2. The van der Waals surface area contributed by atoms with Gasteiger partial charge < -0.3 is 19.3 Å². The van der Waals surface area contributed by atoms with Gasteiger partial charge in [0, 0.05) is 13.1 Å². The molecule has 2 atom stereocenters. The van der Waals surface area contributed by atoms with Crippen molar-refractivity contribution < 1.29 is 28.9 Å². The number of benzene rings is 4. The number of esters is 1. The van der Waals surface area contributed by atoms with E-state index in [0.717, 1.165) is 110 Å². The summed E-state index contributed by atoms with van der Waals surface area (Å²) in [4.78, 5) is 28.4. The fraction of sp³-hybridized carbons (Fsp3) is 0.395. The predicted octanol–water partition coefficient (Wildman–Crippen LogP) is 9.62. The van der Waals surface area contributed by atoms with Gasteiger partial charge in [0.1, 0.15) is 36.8 Å². The molecule has 2 aliphatic heterocycles. The summed E-state index contributed by atoms with van der Waals surface area (Å²) in [6, 6.07) is 24.3. The van der Waals surface area contributed by atoms with E-state index in [-0.39, 0.29) is 12.0 Å². The standard InChI is InChI=1S/C43H48Br2N2O6/c1-28-32(26-52-40-18-16-30(22-36(40)44)24-46-20-6-4-14-38(46)42(48)49)10-8-12-34(28)35-13-9-11-33(29(35)2)27-53-41-19-17-31(23-37(41)45)25-47-21-7-5-15-39(47)43(50)51-3/h8-13,16-19,22-23,38-39H,4-7,14-15,20-21,24-27H2,1-3H3,(H,48,49)/t38-,39-/m0/s1. The van der Waals surface area contributed by atoms with E-state index in [1.165, 1.54) is 7.11 Å². The van der Waals surface area contributed by atoms with Crippen LogP contribution in [0.4, 0.5) is 0 Å². The number of hydrogen-bond donors (Lipinski definition) is 1. The van der Waals surface area contributed by atoms with Crippen molar-refractivity contribution in [3.63, 3.8) is 0 Å². The maximum atomic E-state index is 12.3. The van der Waals surface area contributed by atoms with Gasteiger partial charge in [-0.1, -0.05) is 61.4 Å². The Bertz CT molecular complexity index is 1930. The van der Waals surface area contributed by atoms with Crippen LogP contribution in [-0.2, 0) is 40.6 Å². The molecule has 0 amide bonds. The lowest BCUT2D eigenvalue weighted by Gasteiger charge is -2.33.